The van der Waals surface area contributed by atoms with Crippen LogP contribution in [0.5, 0.6) is 0 Å². The molecule has 0 heterocycles. The van der Waals surface area contributed by atoms with E-state index in [0.29, 0.717) is 0 Å². The van der Waals surface area contributed by atoms with Crippen LogP contribution >= 0.6 is 0 Å². The summed E-state index contributed by atoms with van der Waals surface area (Å²) in [7, 11) is 0. The molecule has 2 N–H and O–H groups in total. The van der Waals surface area contributed by atoms with Crippen molar-refractivity contribution >= 4 is 5.78 Å². The van der Waals surface area contributed by atoms with Crippen molar-refractivity contribution in [3.05, 3.63) is 11.8 Å². The maximum absolute atomic E-state index is 10.1. The van der Waals surface area contributed by atoms with Gasteiger partial charge in [0, 0.05) is 6.08 Å². The molecule has 0 aliphatic rings. The molecule has 46 valence electrons. The third-order valence-corrected chi connectivity index (χ3v) is 0.526. The van der Waals surface area contributed by atoms with Gasteiger partial charge < -0.3 is 10.2 Å². The Kier molecular flexibility index (Phi) is 2.88. The Balaban J connectivity index is 3.70. The van der Waals surface area contributed by atoms with E-state index in [1.807, 2.05) is 0 Å². The van der Waals surface area contributed by atoms with Crippen molar-refractivity contribution in [1.82, 2.24) is 0 Å². The topological polar surface area (TPSA) is 57.5 Å². The molecule has 0 unspecified atom stereocenters. The van der Waals surface area contributed by atoms with Crippen LogP contribution in [0.15, 0.2) is 11.8 Å². The van der Waals surface area contributed by atoms with Crippen LogP contribution in [0.2, 0.25) is 0 Å². The number of hydrogen-bond acceptors (Lipinski definition) is 3. The lowest BCUT2D eigenvalue weighted by molar-refractivity contribution is -0.117. The van der Waals surface area contributed by atoms with E-state index in [9.17, 15) is 4.79 Å². The molecule has 0 aromatic rings. The van der Waals surface area contributed by atoms with Gasteiger partial charge in [0.25, 0.3) is 0 Å². The molecule has 0 radical (unpaired) electrons. The van der Waals surface area contributed by atoms with E-state index in [4.69, 9.17) is 10.2 Å². The number of ketones is 1. The molecule has 0 bridgehead atoms. The second kappa shape index (κ2) is 3.21. The fourth-order valence-corrected chi connectivity index (χ4v) is 0.279. The molecule has 0 atom stereocenters. The number of allylic oxidation sites excluding steroid dienone is 1. The molecule has 0 aliphatic heterocycles. The van der Waals surface area contributed by atoms with E-state index in [2.05, 4.69) is 0 Å². The molecule has 0 saturated heterocycles. The number of carbonyl (C=O) groups excluding carboxylic acids is 1. The van der Waals surface area contributed by atoms with Crippen LogP contribution in [0.1, 0.15) is 6.92 Å². The SMILES string of the molecule is C/C(O)=C/C(=O)CO. The van der Waals surface area contributed by atoms with Crippen LogP contribution in [0.25, 0.3) is 0 Å². The summed E-state index contributed by atoms with van der Waals surface area (Å²) in [4.78, 5) is 10.1. The quantitative estimate of drug-likeness (QED) is 0.394. The van der Waals surface area contributed by atoms with E-state index < -0.39 is 12.4 Å². The highest BCUT2D eigenvalue weighted by molar-refractivity contribution is 5.90. The van der Waals surface area contributed by atoms with Gasteiger partial charge in [-0.1, -0.05) is 0 Å². The summed E-state index contributed by atoms with van der Waals surface area (Å²) < 4.78 is 0. The van der Waals surface area contributed by atoms with Crippen molar-refractivity contribution in [2.24, 2.45) is 0 Å². The number of aliphatic hydroxyl groups excluding tert-OH is 2. The summed E-state index contributed by atoms with van der Waals surface area (Å²) in [5, 5.41) is 16.5. The molecule has 0 saturated carbocycles. The zero-order chi connectivity index (χ0) is 6.57. The first kappa shape index (κ1) is 7.17. The third kappa shape index (κ3) is 3.36. The fourth-order valence-electron chi connectivity index (χ4n) is 0.279. The van der Waals surface area contributed by atoms with Gasteiger partial charge >= 0.3 is 0 Å². The molecule has 0 spiro atoms. The van der Waals surface area contributed by atoms with Crippen molar-refractivity contribution in [2.45, 2.75) is 6.92 Å². The molecule has 0 aromatic heterocycles. The fraction of sp³-hybridized carbons (Fsp3) is 0.400. The van der Waals surface area contributed by atoms with E-state index in [1.54, 1.807) is 0 Å². The van der Waals surface area contributed by atoms with Crippen LogP contribution in [-0.4, -0.2) is 22.6 Å². The van der Waals surface area contributed by atoms with Crippen molar-refractivity contribution < 1.29 is 15.0 Å². The van der Waals surface area contributed by atoms with E-state index >= 15 is 0 Å². The van der Waals surface area contributed by atoms with Crippen LogP contribution < -0.4 is 0 Å². The van der Waals surface area contributed by atoms with Crippen molar-refractivity contribution in [1.29, 1.82) is 0 Å². The van der Waals surface area contributed by atoms with Gasteiger partial charge in [0.1, 0.15) is 6.61 Å². The zero-order valence-corrected chi connectivity index (χ0v) is 4.59. The van der Waals surface area contributed by atoms with Gasteiger partial charge in [0.15, 0.2) is 5.78 Å². The number of rotatable bonds is 2. The van der Waals surface area contributed by atoms with Gasteiger partial charge in [-0.3, -0.25) is 4.79 Å². The second-order valence-electron chi connectivity index (χ2n) is 1.41. The molecule has 0 fully saturated rings. The monoisotopic (exact) mass is 116 g/mol. The second-order valence-corrected chi connectivity index (χ2v) is 1.41. The Labute approximate surface area is 47.3 Å². The molecular formula is C5H8O3. The number of hydrogen-bond donors (Lipinski definition) is 2. The van der Waals surface area contributed by atoms with Gasteiger partial charge in [0.2, 0.25) is 0 Å². The summed E-state index contributed by atoms with van der Waals surface area (Å²) in [5.41, 5.74) is 0. The maximum atomic E-state index is 10.1. The van der Waals surface area contributed by atoms with E-state index in [0.717, 1.165) is 6.08 Å². The summed E-state index contributed by atoms with van der Waals surface area (Å²) in [6, 6.07) is 0. The summed E-state index contributed by atoms with van der Waals surface area (Å²) >= 11 is 0. The van der Waals surface area contributed by atoms with E-state index in [-0.39, 0.29) is 5.76 Å². The Morgan fingerprint density at radius 1 is 1.75 bits per heavy atom. The van der Waals surface area contributed by atoms with Crippen LogP contribution in [0.3, 0.4) is 0 Å². The molecule has 8 heavy (non-hydrogen) atoms. The lowest BCUT2D eigenvalue weighted by Crippen LogP contribution is -1.98. The van der Waals surface area contributed by atoms with E-state index in [1.165, 1.54) is 6.92 Å². The van der Waals surface area contributed by atoms with Gasteiger partial charge in [0.05, 0.1) is 5.76 Å². The first-order valence-electron chi connectivity index (χ1n) is 2.17. The molecule has 0 amide bonds. The predicted octanol–water partition coefficient (Wildman–Crippen LogP) is 0.00960. The largest absolute Gasteiger partial charge is 0.512 e. The Bertz CT molecular complexity index is 111. The average molecular weight is 116 g/mol. The minimum Gasteiger partial charge on any atom is -0.512 e. The van der Waals surface area contributed by atoms with Gasteiger partial charge in [-0.25, -0.2) is 0 Å². The average Bonchev–Trinajstić information content (AvgIpc) is 1.65. The maximum Gasteiger partial charge on any atom is 0.184 e. The minimum absolute atomic E-state index is 0.0796. The molecule has 0 rings (SSSR count). The predicted molar refractivity (Wildman–Crippen MR) is 28.5 cm³/mol. The first-order valence-corrected chi connectivity index (χ1v) is 2.17. The number of carbonyl (C=O) groups is 1. The lowest BCUT2D eigenvalue weighted by Gasteiger charge is -1.84. The first-order chi connectivity index (χ1) is 3.66. The number of aliphatic hydroxyl groups is 2. The van der Waals surface area contributed by atoms with Crippen LogP contribution in [-0.2, 0) is 4.79 Å². The normalized spacial score (nSPS) is 11.5. The standard InChI is InChI=1S/C5H8O3/c1-4(7)2-5(8)3-6/h2,6-7H,3H2,1H3/b4-2-. The van der Waals surface area contributed by atoms with Crippen molar-refractivity contribution in [3.8, 4) is 0 Å². The molecule has 3 heteroatoms. The van der Waals surface area contributed by atoms with Crippen molar-refractivity contribution in [3.63, 3.8) is 0 Å². The van der Waals surface area contributed by atoms with Gasteiger partial charge in [-0.15, -0.1) is 0 Å². The molecule has 3 nitrogen and oxygen atoms in total. The smallest absolute Gasteiger partial charge is 0.184 e. The van der Waals surface area contributed by atoms with Crippen molar-refractivity contribution in [2.75, 3.05) is 6.61 Å². The zero-order valence-electron chi connectivity index (χ0n) is 4.59. The molecular weight excluding hydrogens is 108 g/mol. The van der Waals surface area contributed by atoms with Gasteiger partial charge in [-0.05, 0) is 6.92 Å². The molecule has 0 aromatic carbocycles. The Morgan fingerprint density at radius 2 is 2.25 bits per heavy atom. The van der Waals surface area contributed by atoms with Gasteiger partial charge in [-0.2, -0.15) is 0 Å². The summed E-state index contributed by atoms with van der Waals surface area (Å²) in [5.74, 6) is -0.561. The third-order valence-electron chi connectivity index (χ3n) is 0.526. The Morgan fingerprint density at radius 3 is 2.38 bits per heavy atom. The van der Waals surface area contributed by atoms with Crippen LogP contribution in [0, 0.1) is 0 Å². The van der Waals surface area contributed by atoms with Crippen LogP contribution in [0.4, 0.5) is 0 Å². The summed E-state index contributed by atoms with van der Waals surface area (Å²) in [6.45, 7) is 0.825. The highest BCUT2D eigenvalue weighted by atomic mass is 16.3. The lowest BCUT2D eigenvalue weighted by atomic mass is 10.3. The minimum atomic E-state index is -0.544. The highest BCUT2D eigenvalue weighted by Crippen LogP contribution is 1.83. The summed E-state index contributed by atoms with van der Waals surface area (Å²) in [6.07, 6.45) is 0.972. The highest BCUT2D eigenvalue weighted by Gasteiger charge is 1.91. The Hall–Kier alpha value is -0.830. The molecule has 0 aliphatic carbocycles.